The van der Waals surface area contributed by atoms with Crippen LogP contribution in [0.4, 0.5) is 0 Å². The molecule has 5 nitrogen and oxygen atoms in total. The first kappa shape index (κ1) is 15.2. The second-order valence-electron chi connectivity index (χ2n) is 4.07. The van der Waals surface area contributed by atoms with E-state index in [0.29, 0.717) is 17.5 Å². The highest BCUT2D eigenvalue weighted by molar-refractivity contribution is 7.98. The number of aromatic nitrogens is 2. The Kier molecular flexibility index (Phi) is 5.43. The van der Waals surface area contributed by atoms with E-state index in [0.717, 1.165) is 16.9 Å². The van der Waals surface area contributed by atoms with E-state index < -0.39 is 0 Å². The van der Waals surface area contributed by atoms with Crippen LogP contribution in [0.25, 0.3) is 0 Å². The number of nitrogens with one attached hydrogen (secondary N) is 1. The van der Waals surface area contributed by atoms with E-state index in [1.54, 1.807) is 7.11 Å². The van der Waals surface area contributed by atoms with E-state index in [1.165, 1.54) is 24.0 Å². The molecule has 108 valence electrons. The zero-order chi connectivity index (χ0) is 15.1. The molecule has 2 rings (SSSR count). The van der Waals surface area contributed by atoms with E-state index in [2.05, 4.69) is 21.8 Å². The molecular formula is C15H15N3O2S. The molecule has 3 N–H and O–H groups in total. The Bertz CT molecular complexity index is 731. The summed E-state index contributed by atoms with van der Waals surface area (Å²) < 4.78 is 5.27. The van der Waals surface area contributed by atoms with Crippen LogP contribution in [0.15, 0.2) is 40.4 Å². The molecule has 0 amide bonds. The summed E-state index contributed by atoms with van der Waals surface area (Å²) in [6, 6.07) is 7.17. The van der Waals surface area contributed by atoms with Crippen molar-refractivity contribution in [2.75, 3.05) is 13.7 Å². The van der Waals surface area contributed by atoms with Gasteiger partial charge < -0.3 is 15.5 Å². The summed E-state index contributed by atoms with van der Waals surface area (Å²) in [6.07, 6.45) is 1.49. The molecule has 1 aromatic heterocycles. The van der Waals surface area contributed by atoms with Gasteiger partial charge in [0.25, 0.3) is 5.56 Å². The maximum atomic E-state index is 11.2. The summed E-state index contributed by atoms with van der Waals surface area (Å²) in [7, 11) is 1.61. The number of H-pyrrole nitrogens is 1. The van der Waals surface area contributed by atoms with Crippen LogP contribution < -0.4 is 16.0 Å². The van der Waals surface area contributed by atoms with Crippen LogP contribution in [0.2, 0.25) is 0 Å². The second kappa shape index (κ2) is 7.53. The molecule has 0 saturated carbocycles. The summed E-state index contributed by atoms with van der Waals surface area (Å²) in [5.41, 5.74) is 7.10. The predicted octanol–water partition coefficient (Wildman–Crippen LogP) is 1.38. The summed E-state index contributed by atoms with van der Waals surface area (Å²) in [6.45, 7) is 0.303. The van der Waals surface area contributed by atoms with Gasteiger partial charge >= 0.3 is 0 Å². The largest absolute Gasteiger partial charge is 0.495 e. The molecule has 0 unspecified atom stereocenters. The molecular weight excluding hydrogens is 286 g/mol. The number of ether oxygens (including phenoxy) is 1. The van der Waals surface area contributed by atoms with Gasteiger partial charge in [-0.25, -0.2) is 4.98 Å². The first-order chi connectivity index (χ1) is 10.2. The number of hydrogen-bond acceptors (Lipinski definition) is 5. The molecule has 0 aliphatic rings. The maximum absolute atomic E-state index is 11.2. The van der Waals surface area contributed by atoms with Gasteiger partial charge in [-0.2, -0.15) is 0 Å². The van der Waals surface area contributed by atoms with Crippen LogP contribution in [-0.4, -0.2) is 23.6 Å². The molecule has 0 bridgehead atoms. The normalized spacial score (nSPS) is 9.81. The molecule has 1 aromatic carbocycles. The van der Waals surface area contributed by atoms with Crippen molar-refractivity contribution < 1.29 is 4.74 Å². The molecule has 0 spiro atoms. The van der Waals surface area contributed by atoms with Crippen LogP contribution in [0.1, 0.15) is 11.1 Å². The average molecular weight is 301 g/mol. The molecule has 0 aliphatic heterocycles. The highest BCUT2D eigenvalue weighted by Gasteiger charge is 2.04. The van der Waals surface area contributed by atoms with Crippen LogP contribution in [0, 0.1) is 11.8 Å². The highest BCUT2D eigenvalue weighted by Crippen LogP contribution is 2.23. The lowest BCUT2D eigenvalue weighted by Gasteiger charge is -2.06. The number of benzene rings is 1. The van der Waals surface area contributed by atoms with Gasteiger partial charge in [0.05, 0.1) is 19.2 Å². The van der Waals surface area contributed by atoms with Gasteiger partial charge in [0.15, 0.2) is 5.16 Å². The van der Waals surface area contributed by atoms with Crippen LogP contribution in [-0.2, 0) is 5.75 Å². The van der Waals surface area contributed by atoms with Gasteiger partial charge in [0.1, 0.15) is 5.75 Å². The van der Waals surface area contributed by atoms with Gasteiger partial charge in [-0.3, -0.25) is 4.79 Å². The fourth-order valence-corrected chi connectivity index (χ4v) is 2.46. The van der Waals surface area contributed by atoms with Crippen LogP contribution in [0.5, 0.6) is 5.75 Å². The summed E-state index contributed by atoms with van der Waals surface area (Å²) in [4.78, 5) is 18.0. The van der Waals surface area contributed by atoms with Crippen molar-refractivity contribution in [1.82, 2.24) is 9.97 Å². The summed E-state index contributed by atoms with van der Waals surface area (Å²) in [5, 5.41) is 0.591. The third-order valence-corrected chi connectivity index (χ3v) is 3.57. The topological polar surface area (TPSA) is 81.0 Å². The minimum atomic E-state index is -0.156. The summed E-state index contributed by atoms with van der Waals surface area (Å²) in [5.74, 6) is 7.20. The van der Waals surface area contributed by atoms with Crippen LogP contribution >= 0.6 is 11.8 Å². The molecule has 0 fully saturated rings. The van der Waals surface area contributed by atoms with Gasteiger partial charge in [-0.15, -0.1) is 0 Å². The number of hydrogen-bond donors (Lipinski definition) is 2. The van der Waals surface area contributed by atoms with Crippen molar-refractivity contribution in [3.63, 3.8) is 0 Å². The average Bonchev–Trinajstić information content (AvgIpc) is 2.51. The number of nitrogens with zero attached hydrogens (tertiary/aromatic N) is 1. The second-order valence-corrected chi connectivity index (χ2v) is 5.03. The number of methoxy groups -OCH3 is 1. The molecule has 6 heteroatoms. The van der Waals surface area contributed by atoms with Crippen molar-refractivity contribution in [1.29, 1.82) is 0 Å². The highest BCUT2D eigenvalue weighted by atomic mass is 32.2. The minimum absolute atomic E-state index is 0.156. The van der Waals surface area contributed by atoms with Crippen LogP contribution in [0.3, 0.4) is 0 Å². The molecule has 0 saturated heterocycles. The van der Waals surface area contributed by atoms with E-state index in [9.17, 15) is 4.79 Å². The lowest BCUT2D eigenvalue weighted by Crippen LogP contribution is -2.05. The summed E-state index contributed by atoms with van der Waals surface area (Å²) >= 11 is 1.45. The van der Waals surface area contributed by atoms with Gasteiger partial charge in [0, 0.05) is 18.0 Å². The van der Waals surface area contributed by atoms with Crippen molar-refractivity contribution in [3.8, 4) is 17.6 Å². The Morgan fingerprint density at radius 1 is 1.43 bits per heavy atom. The van der Waals surface area contributed by atoms with E-state index >= 15 is 0 Å². The van der Waals surface area contributed by atoms with E-state index in [-0.39, 0.29) is 5.56 Å². The third kappa shape index (κ3) is 4.38. The quantitative estimate of drug-likeness (QED) is 0.506. The standard InChI is InChI=1S/C15H15N3O2S/c1-20-13-5-4-11(9-12(13)3-2-7-16)10-21-15-17-8-6-14(19)18-15/h4-6,8-9H,7,10,16H2,1H3,(H,17,18,19). The van der Waals surface area contributed by atoms with E-state index in [1.807, 2.05) is 18.2 Å². The molecule has 0 atom stereocenters. The van der Waals surface area contributed by atoms with Crippen molar-refractivity contribution in [2.24, 2.45) is 5.73 Å². The molecule has 0 aliphatic carbocycles. The minimum Gasteiger partial charge on any atom is -0.495 e. The Morgan fingerprint density at radius 2 is 2.29 bits per heavy atom. The Hall–Kier alpha value is -2.23. The fourth-order valence-electron chi connectivity index (χ4n) is 1.67. The van der Waals surface area contributed by atoms with Gasteiger partial charge in [-0.05, 0) is 17.7 Å². The fraction of sp³-hybridized carbons (Fsp3) is 0.200. The number of aromatic amines is 1. The Morgan fingerprint density at radius 3 is 3.00 bits per heavy atom. The number of thioether (sulfide) groups is 1. The molecule has 1 heterocycles. The van der Waals surface area contributed by atoms with Crippen molar-refractivity contribution in [2.45, 2.75) is 10.9 Å². The lowest BCUT2D eigenvalue weighted by molar-refractivity contribution is 0.413. The molecule has 2 aromatic rings. The van der Waals surface area contributed by atoms with Gasteiger partial charge in [-0.1, -0.05) is 29.7 Å². The Labute approximate surface area is 126 Å². The van der Waals surface area contributed by atoms with E-state index in [4.69, 9.17) is 10.5 Å². The zero-order valence-electron chi connectivity index (χ0n) is 11.6. The SMILES string of the molecule is COc1ccc(CSc2nccc(=O)[nH]2)cc1C#CCN. The Balaban J connectivity index is 2.15. The van der Waals surface area contributed by atoms with Crippen molar-refractivity contribution in [3.05, 3.63) is 51.9 Å². The maximum Gasteiger partial charge on any atom is 0.251 e. The monoisotopic (exact) mass is 301 g/mol. The number of nitrogens with two attached hydrogens (primary N) is 1. The zero-order valence-corrected chi connectivity index (χ0v) is 12.4. The number of rotatable bonds is 4. The predicted molar refractivity (Wildman–Crippen MR) is 83.3 cm³/mol. The first-order valence-electron chi connectivity index (χ1n) is 6.27. The smallest absolute Gasteiger partial charge is 0.251 e. The molecule has 21 heavy (non-hydrogen) atoms. The van der Waals surface area contributed by atoms with Gasteiger partial charge in [0.2, 0.25) is 0 Å². The lowest BCUT2D eigenvalue weighted by atomic mass is 10.1. The molecule has 0 radical (unpaired) electrons. The third-order valence-electron chi connectivity index (χ3n) is 2.61. The first-order valence-corrected chi connectivity index (χ1v) is 7.25. The van der Waals surface area contributed by atoms with Crippen molar-refractivity contribution >= 4 is 11.8 Å².